The minimum Gasteiger partial charge on any atom is -1.00 e. The molecular formula is C5H10KLiO4. The molecule has 0 atom stereocenters. The number of aliphatic carboxylic acids is 2. The molecule has 0 aliphatic heterocycles. The average molecular weight is 180 g/mol. The van der Waals surface area contributed by atoms with Crippen LogP contribution in [0.5, 0.6) is 0 Å². The number of hydrogen-bond acceptors (Lipinski definition) is 2. The van der Waals surface area contributed by atoms with Gasteiger partial charge in [-0.05, 0) is 13.8 Å². The predicted octanol–water partition coefficient (Wildman–Crippen LogP) is -5.59. The molecule has 0 unspecified atom stereocenters. The Kier molecular flexibility index (Phi) is 10.9. The maximum absolute atomic E-state index is 10.1. The van der Waals surface area contributed by atoms with E-state index >= 15 is 0 Å². The van der Waals surface area contributed by atoms with Crippen LogP contribution in [0.4, 0.5) is 0 Å². The standard InChI is InChI=1S/C5H8O4.K.Li.2H/c1-5(2,3(6)7)4(8)9;;;;/h1-2H3,(H,6,7)(H,8,9);;;;/q;2*+1;2*-1. The molecule has 0 rings (SSSR count). The van der Waals surface area contributed by atoms with Gasteiger partial charge in [0.05, 0.1) is 0 Å². The monoisotopic (exact) mass is 180 g/mol. The molecule has 0 aromatic rings. The van der Waals surface area contributed by atoms with Gasteiger partial charge in [0.2, 0.25) is 0 Å². The summed E-state index contributed by atoms with van der Waals surface area (Å²) in [4.78, 5) is 20.2. The van der Waals surface area contributed by atoms with Crippen LogP contribution >= 0.6 is 0 Å². The van der Waals surface area contributed by atoms with Crippen LogP contribution in [0.2, 0.25) is 0 Å². The third kappa shape index (κ3) is 5.42. The summed E-state index contributed by atoms with van der Waals surface area (Å²) >= 11 is 0. The fraction of sp³-hybridized carbons (Fsp3) is 0.600. The van der Waals surface area contributed by atoms with Gasteiger partial charge < -0.3 is 13.1 Å². The van der Waals surface area contributed by atoms with E-state index in [-0.39, 0.29) is 73.1 Å². The number of rotatable bonds is 2. The van der Waals surface area contributed by atoms with Crippen molar-refractivity contribution in [3.8, 4) is 0 Å². The first-order valence-corrected chi connectivity index (χ1v) is 2.36. The molecule has 0 heterocycles. The van der Waals surface area contributed by atoms with E-state index < -0.39 is 17.4 Å². The zero-order chi connectivity index (χ0) is 7.65. The second-order valence-corrected chi connectivity index (χ2v) is 2.24. The van der Waals surface area contributed by atoms with Crippen molar-refractivity contribution in [2.75, 3.05) is 0 Å². The van der Waals surface area contributed by atoms with Gasteiger partial charge in [0.15, 0.2) is 5.41 Å². The molecule has 0 aliphatic rings. The summed E-state index contributed by atoms with van der Waals surface area (Å²) in [6.07, 6.45) is 0. The Bertz CT molecular complexity index is 149. The van der Waals surface area contributed by atoms with Crippen LogP contribution in [-0.2, 0) is 9.59 Å². The second kappa shape index (κ2) is 6.66. The number of carbonyl (C=O) groups is 2. The quantitative estimate of drug-likeness (QED) is 0.328. The summed E-state index contributed by atoms with van der Waals surface area (Å²) in [5.74, 6) is -2.65. The Balaban J connectivity index is -0.0000000533. The largest absolute Gasteiger partial charge is 1.00 e. The summed E-state index contributed by atoms with van der Waals surface area (Å²) in [5.41, 5.74) is -1.67. The Hall–Kier alpha value is 1.17. The summed E-state index contributed by atoms with van der Waals surface area (Å²) in [6.45, 7) is 2.27. The molecule has 0 bridgehead atoms. The van der Waals surface area contributed by atoms with Gasteiger partial charge >= 0.3 is 82.2 Å². The van der Waals surface area contributed by atoms with Gasteiger partial charge in [-0.1, -0.05) is 0 Å². The molecule has 11 heavy (non-hydrogen) atoms. The van der Waals surface area contributed by atoms with E-state index in [1.54, 1.807) is 0 Å². The minimum absolute atomic E-state index is 0. The van der Waals surface area contributed by atoms with Gasteiger partial charge in [-0.25, -0.2) is 0 Å². The Morgan fingerprint density at radius 1 is 1.18 bits per heavy atom. The van der Waals surface area contributed by atoms with Gasteiger partial charge in [0.25, 0.3) is 0 Å². The zero-order valence-corrected chi connectivity index (χ0v) is 10.3. The molecule has 0 saturated heterocycles. The van der Waals surface area contributed by atoms with Crippen molar-refractivity contribution in [3.63, 3.8) is 0 Å². The average Bonchev–Trinajstić information content (AvgIpc) is 1.65. The topological polar surface area (TPSA) is 74.6 Å². The third-order valence-corrected chi connectivity index (χ3v) is 1.07. The van der Waals surface area contributed by atoms with E-state index in [1.165, 1.54) is 0 Å². The number of hydrogen-bond donors (Lipinski definition) is 2. The Morgan fingerprint density at radius 3 is 1.36 bits per heavy atom. The summed E-state index contributed by atoms with van der Waals surface area (Å²) < 4.78 is 0. The molecular weight excluding hydrogens is 170 g/mol. The first-order valence-electron chi connectivity index (χ1n) is 2.36. The van der Waals surface area contributed by atoms with Gasteiger partial charge in [-0.3, -0.25) is 9.59 Å². The molecule has 4 nitrogen and oxygen atoms in total. The van der Waals surface area contributed by atoms with Gasteiger partial charge in [-0.2, -0.15) is 0 Å². The molecule has 0 radical (unpaired) electrons. The summed E-state index contributed by atoms with van der Waals surface area (Å²) in [7, 11) is 0. The SMILES string of the molecule is CC(C)(C(=O)O)C(=O)O.[H-].[H-].[K+].[Li+]. The van der Waals surface area contributed by atoms with E-state index in [2.05, 4.69) is 0 Å². The van der Waals surface area contributed by atoms with E-state index in [0.29, 0.717) is 0 Å². The van der Waals surface area contributed by atoms with Gasteiger partial charge in [-0.15, -0.1) is 0 Å². The molecule has 0 fully saturated rings. The second-order valence-electron chi connectivity index (χ2n) is 2.24. The first kappa shape index (κ1) is 18.1. The maximum Gasteiger partial charge on any atom is 1.00 e. The fourth-order valence-corrected chi connectivity index (χ4v) is 0.0915. The summed E-state index contributed by atoms with van der Waals surface area (Å²) in [5, 5.41) is 16.5. The summed E-state index contributed by atoms with van der Waals surface area (Å²) in [6, 6.07) is 0. The molecule has 0 aliphatic carbocycles. The van der Waals surface area contributed by atoms with Gasteiger partial charge in [0.1, 0.15) is 0 Å². The van der Waals surface area contributed by atoms with Gasteiger partial charge in [0, 0.05) is 0 Å². The van der Waals surface area contributed by atoms with Crippen LogP contribution in [0.3, 0.4) is 0 Å². The minimum atomic E-state index is -1.67. The molecule has 0 aromatic heterocycles. The number of carboxylic acid groups (broad SMARTS) is 2. The fourth-order valence-electron chi connectivity index (χ4n) is 0.0915. The van der Waals surface area contributed by atoms with Crippen molar-refractivity contribution in [2.45, 2.75) is 13.8 Å². The van der Waals surface area contributed by atoms with Crippen LogP contribution in [0.25, 0.3) is 0 Å². The van der Waals surface area contributed by atoms with E-state index in [1.807, 2.05) is 0 Å². The molecule has 0 saturated carbocycles. The Labute approximate surface area is 122 Å². The van der Waals surface area contributed by atoms with E-state index in [0.717, 1.165) is 13.8 Å². The van der Waals surface area contributed by atoms with Crippen molar-refractivity contribution in [1.82, 2.24) is 0 Å². The van der Waals surface area contributed by atoms with Crippen LogP contribution in [0.1, 0.15) is 16.7 Å². The normalized spacial score (nSPS) is 8.91. The van der Waals surface area contributed by atoms with Crippen molar-refractivity contribution < 1.29 is 92.9 Å². The Morgan fingerprint density at radius 2 is 1.36 bits per heavy atom. The molecule has 56 valence electrons. The van der Waals surface area contributed by atoms with Crippen LogP contribution in [0.15, 0.2) is 0 Å². The van der Waals surface area contributed by atoms with E-state index in [9.17, 15) is 9.59 Å². The van der Waals surface area contributed by atoms with Crippen molar-refractivity contribution in [3.05, 3.63) is 0 Å². The zero-order valence-electron chi connectivity index (χ0n) is 9.21. The van der Waals surface area contributed by atoms with Crippen LogP contribution in [-0.4, -0.2) is 22.2 Å². The smallest absolute Gasteiger partial charge is 1.00 e. The molecule has 2 N–H and O–H groups in total. The van der Waals surface area contributed by atoms with Crippen LogP contribution < -0.4 is 70.2 Å². The van der Waals surface area contributed by atoms with Crippen molar-refractivity contribution in [1.29, 1.82) is 0 Å². The number of carboxylic acids is 2. The maximum atomic E-state index is 10.1. The predicted molar refractivity (Wildman–Crippen MR) is 31.3 cm³/mol. The van der Waals surface area contributed by atoms with Crippen LogP contribution in [0, 0.1) is 5.41 Å². The first-order chi connectivity index (χ1) is 3.89. The molecule has 0 amide bonds. The molecule has 0 aromatic carbocycles. The van der Waals surface area contributed by atoms with Crippen molar-refractivity contribution in [2.24, 2.45) is 5.41 Å². The third-order valence-electron chi connectivity index (χ3n) is 1.07. The van der Waals surface area contributed by atoms with E-state index in [4.69, 9.17) is 10.2 Å². The molecule has 6 heteroatoms. The molecule has 0 spiro atoms. The van der Waals surface area contributed by atoms with Crippen molar-refractivity contribution >= 4 is 11.9 Å².